The minimum atomic E-state index is 0.109. The van der Waals surface area contributed by atoms with E-state index in [-0.39, 0.29) is 11.8 Å². The van der Waals surface area contributed by atoms with Gasteiger partial charge in [0.1, 0.15) is 0 Å². The molecule has 1 fully saturated rings. The highest BCUT2D eigenvalue weighted by Gasteiger charge is 2.43. The van der Waals surface area contributed by atoms with Crippen molar-refractivity contribution < 1.29 is 4.79 Å². The van der Waals surface area contributed by atoms with Gasteiger partial charge in [0, 0.05) is 16.6 Å². The van der Waals surface area contributed by atoms with Crippen molar-refractivity contribution in [1.29, 1.82) is 0 Å². The van der Waals surface area contributed by atoms with E-state index >= 15 is 0 Å². The smallest absolute Gasteiger partial charge is 0.224 e. The first-order valence-electron chi connectivity index (χ1n) is 6.25. The number of rotatable bonds is 4. The summed E-state index contributed by atoms with van der Waals surface area (Å²) in [5.74, 6) is 0.594. The molecule has 1 saturated carbocycles. The number of carbonyl (C=O) groups excluding carboxylic acids is 1. The number of nitrogens with zero attached hydrogens (tertiary/aromatic N) is 1. The molecule has 4 nitrogen and oxygen atoms in total. The van der Waals surface area contributed by atoms with E-state index in [1.807, 2.05) is 18.2 Å². The summed E-state index contributed by atoms with van der Waals surface area (Å²) in [6.07, 6.45) is 2.62. The zero-order valence-corrected chi connectivity index (χ0v) is 11.9. The van der Waals surface area contributed by atoms with Gasteiger partial charge in [-0.15, -0.1) is 0 Å². The molecule has 1 aliphatic rings. The van der Waals surface area contributed by atoms with Crippen molar-refractivity contribution in [3.63, 3.8) is 0 Å². The topological polar surface area (TPSA) is 57.8 Å². The van der Waals surface area contributed by atoms with Crippen LogP contribution in [0.2, 0.25) is 0 Å². The Morgan fingerprint density at radius 3 is 3.11 bits per heavy atom. The lowest BCUT2D eigenvalue weighted by Crippen LogP contribution is -2.25. The zero-order valence-electron chi connectivity index (χ0n) is 10.3. The van der Waals surface area contributed by atoms with Crippen molar-refractivity contribution >= 4 is 21.8 Å². The second-order valence-corrected chi connectivity index (χ2v) is 5.72. The molecule has 1 amide bonds. The molecule has 0 aliphatic heterocycles. The average molecular weight is 320 g/mol. The fraction of sp³-hybridized carbons (Fsp3) is 0.286. The van der Waals surface area contributed by atoms with Crippen molar-refractivity contribution in [2.24, 2.45) is 5.92 Å². The van der Waals surface area contributed by atoms with Crippen LogP contribution in [0, 0.1) is 5.92 Å². The van der Waals surface area contributed by atoms with Gasteiger partial charge < -0.3 is 5.32 Å². The molecule has 2 N–H and O–H groups in total. The second kappa shape index (κ2) is 5.17. The van der Waals surface area contributed by atoms with Crippen LogP contribution in [-0.4, -0.2) is 16.1 Å². The highest BCUT2D eigenvalue weighted by molar-refractivity contribution is 9.10. The van der Waals surface area contributed by atoms with Crippen molar-refractivity contribution in [1.82, 2.24) is 15.5 Å². The molecule has 2 aromatic rings. The third kappa shape index (κ3) is 2.87. The molecule has 98 valence electrons. The highest BCUT2D eigenvalue weighted by atomic mass is 79.9. The second-order valence-electron chi connectivity index (χ2n) is 4.80. The van der Waals surface area contributed by atoms with E-state index in [9.17, 15) is 4.79 Å². The van der Waals surface area contributed by atoms with Crippen LogP contribution >= 0.6 is 15.9 Å². The minimum Gasteiger partial charge on any atom is -0.350 e. The Hall–Kier alpha value is -1.62. The Morgan fingerprint density at radius 1 is 1.47 bits per heavy atom. The van der Waals surface area contributed by atoms with E-state index < -0.39 is 0 Å². The zero-order chi connectivity index (χ0) is 13.2. The lowest BCUT2D eigenvalue weighted by Gasteiger charge is -2.04. The van der Waals surface area contributed by atoms with Gasteiger partial charge in [-0.05, 0) is 36.1 Å². The van der Waals surface area contributed by atoms with E-state index in [0.29, 0.717) is 12.5 Å². The van der Waals surface area contributed by atoms with Crippen LogP contribution in [0.15, 0.2) is 41.0 Å². The van der Waals surface area contributed by atoms with E-state index in [1.165, 1.54) is 5.56 Å². The molecular formula is C14H14BrN3O. The van der Waals surface area contributed by atoms with Crippen molar-refractivity contribution in [2.45, 2.75) is 18.9 Å². The standard InChI is InChI=1S/C14H14BrN3O/c15-10-3-1-2-9(6-10)12-7-13(12)14(19)16-8-11-4-5-17-18-11/h1-6,12-13H,7-8H2,(H,16,19)(H,17,18)/t12-,13+/m0/s1. The number of nitrogens with one attached hydrogen (secondary N) is 2. The van der Waals surface area contributed by atoms with Gasteiger partial charge in [-0.2, -0.15) is 5.10 Å². The lowest BCUT2D eigenvalue weighted by atomic mass is 10.1. The Labute approximate surface area is 119 Å². The molecule has 0 saturated heterocycles. The summed E-state index contributed by atoms with van der Waals surface area (Å²) in [6.45, 7) is 0.514. The number of H-pyrrole nitrogens is 1. The van der Waals surface area contributed by atoms with Gasteiger partial charge in [0.15, 0.2) is 0 Å². The van der Waals surface area contributed by atoms with Gasteiger partial charge in [0.05, 0.1) is 12.2 Å². The van der Waals surface area contributed by atoms with Gasteiger partial charge in [0.25, 0.3) is 0 Å². The lowest BCUT2D eigenvalue weighted by molar-refractivity contribution is -0.122. The number of halogens is 1. The molecule has 0 unspecified atom stereocenters. The van der Waals surface area contributed by atoms with Crippen molar-refractivity contribution in [2.75, 3.05) is 0 Å². The van der Waals surface area contributed by atoms with Gasteiger partial charge >= 0.3 is 0 Å². The molecule has 0 radical (unpaired) electrons. The summed E-state index contributed by atoms with van der Waals surface area (Å²) < 4.78 is 1.06. The van der Waals surface area contributed by atoms with Gasteiger partial charge in [-0.3, -0.25) is 9.89 Å². The average Bonchev–Trinajstić information content (AvgIpc) is 3.04. The SMILES string of the molecule is O=C(NCc1ccn[nH]1)[C@@H]1C[C@H]1c1cccc(Br)c1. The molecule has 3 rings (SSSR count). The maximum absolute atomic E-state index is 12.0. The number of hydrogen-bond acceptors (Lipinski definition) is 2. The molecular weight excluding hydrogens is 306 g/mol. The van der Waals surface area contributed by atoms with Crippen molar-refractivity contribution in [3.05, 3.63) is 52.3 Å². The predicted octanol–water partition coefficient (Wildman–Crippen LogP) is 2.59. The van der Waals surface area contributed by atoms with Gasteiger partial charge in [-0.25, -0.2) is 0 Å². The summed E-state index contributed by atoms with van der Waals surface area (Å²) >= 11 is 3.46. The maximum Gasteiger partial charge on any atom is 0.224 e. The summed E-state index contributed by atoms with van der Waals surface area (Å²) in [6, 6.07) is 10.0. The third-order valence-electron chi connectivity index (χ3n) is 3.42. The molecule has 5 heteroatoms. The monoisotopic (exact) mass is 319 g/mol. The van der Waals surface area contributed by atoms with Crippen LogP contribution in [0.4, 0.5) is 0 Å². The van der Waals surface area contributed by atoms with Crippen LogP contribution in [0.3, 0.4) is 0 Å². The van der Waals surface area contributed by atoms with Gasteiger partial charge in [-0.1, -0.05) is 28.1 Å². The number of carbonyl (C=O) groups is 1. The molecule has 2 atom stereocenters. The first kappa shape index (κ1) is 12.4. The molecule has 1 aliphatic carbocycles. The van der Waals surface area contributed by atoms with Crippen LogP contribution in [0.25, 0.3) is 0 Å². The molecule has 1 aromatic carbocycles. The third-order valence-corrected chi connectivity index (χ3v) is 3.91. The first-order valence-corrected chi connectivity index (χ1v) is 7.05. The number of benzene rings is 1. The Balaban J connectivity index is 1.56. The Bertz CT molecular complexity index is 582. The van der Waals surface area contributed by atoms with Crippen LogP contribution < -0.4 is 5.32 Å². The molecule has 1 aromatic heterocycles. The fourth-order valence-corrected chi connectivity index (χ4v) is 2.70. The molecule has 0 bridgehead atoms. The van der Waals surface area contributed by atoms with E-state index in [0.717, 1.165) is 16.6 Å². The summed E-state index contributed by atoms with van der Waals surface area (Å²) in [5.41, 5.74) is 2.16. The van der Waals surface area contributed by atoms with Gasteiger partial charge in [0.2, 0.25) is 5.91 Å². The molecule has 19 heavy (non-hydrogen) atoms. The summed E-state index contributed by atoms with van der Waals surface area (Å²) in [7, 11) is 0. The van der Waals surface area contributed by atoms with E-state index in [2.05, 4.69) is 43.6 Å². The van der Waals surface area contributed by atoms with Crippen molar-refractivity contribution in [3.8, 4) is 0 Å². The largest absolute Gasteiger partial charge is 0.350 e. The maximum atomic E-state index is 12.0. The molecule has 0 spiro atoms. The predicted molar refractivity (Wildman–Crippen MR) is 75.4 cm³/mol. The van der Waals surface area contributed by atoms with Crippen LogP contribution in [0.5, 0.6) is 0 Å². The van der Waals surface area contributed by atoms with E-state index in [4.69, 9.17) is 0 Å². The van der Waals surface area contributed by atoms with Crippen LogP contribution in [-0.2, 0) is 11.3 Å². The first-order chi connectivity index (χ1) is 9.24. The fourth-order valence-electron chi connectivity index (χ4n) is 2.29. The summed E-state index contributed by atoms with van der Waals surface area (Å²) in [4.78, 5) is 12.0. The van der Waals surface area contributed by atoms with E-state index in [1.54, 1.807) is 6.20 Å². The highest BCUT2D eigenvalue weighted by Crippen LogP contribution is 2.47. The quantitative estimate of drug-likeness (QED) is 0.910. The van der Waals surface area contributed by atoms with Crippen LogP contribution in [0.1, 0.15) is 23.6 Å². The molecule has 1 heterocycles. The number of aromatic amines is 1. The normalized spacial score (nSPS) is 21.1. The number of amides is 1. The number of aromatic nitrogens is 2. The Morgan fingerprint density at radius 2 is 2.37 bits per heavy atom. The number of hydrogen-bond donors (Lipinski definition) is 2. The minimum absolute atomic E-state index is 0.109. The summed E-state index contributed by atoms with van der Waals surface area (Å²) in [5, 5.41) is 9.62. The Kier molecular flexibility index (Phi) is 3.38.